The Hall–Kier alpha value is -1.06. The van der Waals surface area contributed by atoms with E-state index in [1.165, 1.54) is 0 Å². The molecule has 94 valence electrons. The minimum absolute atomic E-state index is 0.280. The van der Waals surface area contributed by atoms with E-state index in [1.807, 2.05) is 30.3 Å². The minimum Gasteiger partial charge on any atom is -0.490 e. The van der Waals surface area contributed by atoms with Gasteiger partial charge in [0.25, 0.3) is 0 Å². The molecule has 0 aromatic heterocycles. The van der Waals surface area contributed by atoms with Crippen molar-refractivity contribution >= 4 is 0 Å². The smallest absolute Gasteiger partial charge is 0.119 e. The van der Waals surface area contributed by atoms with Gasteiger partial charge in [-0.2, -0.15) is 0 Å². The lowest BCUT2D eigenvalue weighted by Crippen LogP contribution is -2.42. The first-order valence-corrected chi connectivity index (χ1v) is 6.44. The van der Waals surface area contributed by atoms with Gasteiger partial charge in [0.15, 0.2) is 0 Å². The van der Waals surface area contributed by atoms with Gasteiger partial charge in [-0.25, -0.2) is 0 Å². The Morgan fingerprint density at radius 2 is 2.12 bits per heavy atom. The number of para-hydroxylation sites is 1. The topological polar surface area (TPSA) is 41.5 Å². The van der Waals surface area contributed by atoms with Gasteiger partial charge in [0, 0.05) is 12.6 Å². The summed E-state index contributed by atoms with van der Waals surface area (Å²) < 4.78 is 5.96. The van der Waals surface area contributed by atoms with Crippen molar-refractivity contribution < 1.29 is 9.84 Å². The lowest BCUT2D eigenvalue weighted by atomic mass is 9.98. The fourth-order valence-electron chi connectivity index (χ4n) is 2.32. The molecular weight excluding hydrogens is 214 g/mol. The Balaban J connectivity index is 1.81. The molecule has 1 aromatic carbocycles. The summed E-state index contributed by atoms with van der Waals surface area (Å²) in [5.74, 6) is 0.959. The van der Waals surface area contributed by atoms with Gasteiger partial charge in [-0.05, 0) is 44.4 Å². The monoisotopic (exact) mass is 235 g/mol. The molecular formula is C14H21NO2. The highest BCUT2D eigenvalue weighted by Crippen LogP contribution is 2.19. The summed E-state index contributed by atoms with van der Waals surface area (Å²) in [5, 5.41) is 12.3. The molecule has 1 heterocycles. The number of benzene rings is 1. The zero-order valence-corrected chi connectivity index (χ0v) is 10.1. The van der Waals surface area contributed by atoms with Crippen LogP contribution in [0.25, 0.3) is 0 Å². The average molecular weight is 235 g/mol. The normalized spacial score (nSPS) is 24.5. The molecule has 1 saturated heterocycles. The van der Waals surface area contributed by atoms with E-state index in [4.69, 9.17) is 9.84 Å². The first kappa shape index (κ1) is 12.4. The van der Waals surface area contributed by atoms with E-state index in [-0.39, 0.29) is 6.61 Å². The van der Waals surface area contributed by atoms with Gasteiger partial charge in [-0.15, -0.1) is 0 Å². The van der Waals surface area contributed by atoms with Crippen molar-refractivity contribution in [3.8, 4) is 5.75 Å². The Kier molecular flexibility index (Phi) is 4.83. The van der Waals surface area contributed by atoms with Crippen molar-refractivity contribution in [2.45, 2.75) is 37.8 Å². The zero-order valence-electron chi connectivity index (χ0n) is 10.1. The first-order valence-electron chi connectivity index (χ1n) is 6.44. The van der Waals surface area contributed by atoms with Gasteiger partial charge in [-0.1, -0.05) is 18.2 Å². The summed E-state index contributed by atoms with van der Waals surface area (Å²) in [5.41, 5.74) is 0. The van der Waals surface area contributed by atoms with Crippen molar-refractivity contribution in [1.29, 1.82) is 0 Å². The number of ether oxygens (including phenoxy) is 1. The second kappa shape index (κ2) is 6.62. The van der Waals surface area contributed by atoms with Gasteiger partial charge >= 0.3 is 0 Å². The van der Waals surface area contributed by atoms with Crippen molar-refractivity contribution in [1.82, 2.24) is 5.32 Å². The zero-order chi connectivity index (χ0) is 11.9. The third-order valence-electron chi connectivity index (χ3n) is 3.20. The SMILES string of the molecule is OCCCC1CC(Oc2ccccc2)CCN1. The lowest BCUT2D eigenvalue weighted by Gasteiger charge is -2.30. The standard InChI is InChI=1S/C14H21NO2/c16-10-4-5-12-11-14(8-9-15-12)17-13-6-2-1-3-7-13/h1-3,6-7,12,14-16H,4-5,8-11H2. The third kappa shape index (κ3) is 4.02. The summed E-state index contributed by atoms with van der Waals surface area (Å²) in [6, 6.07) is 10.5. The van der Waals surface area contributed by atoms with Crippen LogP contribution in [0.4, 0.5) is 0 Å². The molecule has 0 spiro atoms. The van der Waals surface area contributed by atoms with Crippen LogP contribution in [0, 0.1) is 0 Å². The fraction of sp³-hybridized carbons (Fsp3) is 0.571. The maximum atomic E-state index is 8.84. The van der Waals surface area contributed by atoms with E-state index in [9.17, 15) is 0 Å². The Morgan fingerprint density at radius 3 is 2.88 bits per heavy atom. The molecule has 0 saturated carbocycles. The maximum absolute atomic E-state index is 8.84. The number of rotatable bonds is 5. The van der Waals surface area contributed by atoms with Crippen LogP contribution in [0.2, 0.25) is 0 Å². The molecule has 0 radical (unpaired) electrons. The number of piperidine rings is 1. The highest BCUT2D eigenvalue weighted by atomic mass is 16.5. The van der Waals surface area contributed by atoms with Crippen LogP contribution in [-0.2, 0) is 0 Å². The van der Waals surface area contributed by atoms with Gasteiger partial charge in [0.05, 0.1) is 0 Å². The molecule has 2 unspecified atom stereocenters. The molecule has 0 aliphatic carbocycles. The average Bonchev–Trinajstić information content (AvgIpc) is 2.38. The molecule has 2 N–H and O–H groups in total. The van der Waals surface area contributed by atoms with Crippen molar-refractivity contribution in [3.63, 3.8) is 0 Å². The van der Waals surface area contributed by atoms with Crippen LogP contribution in [-0.4, -0.2) is 30.4 Å². The quantitative estimate of drug-likeness (QED) is 0.819. The molecule has 17 heavy (non-hydrogen) atoms. The van der Waals surface area contributed by atoms with E-state index >= 15 is 0 Å². The molecule has 2 rings (SSSR count). The summed E-state index contributed by atoms with van der Waals surface area (Å²) in [4.78, 5) is 0. The molecule has 1 aromatic rings. The van der Waals surface area contributed by atoms with E-state index in [0.29, 0.717) is 12.1 Å². The number of nitrogens with one attached hydrogen (secondary N) is 1. The van der Waals surface area contributed by atoms with Crippen LogP contribution in [0.3, 0.4) is 0 Å². The van der Waals surface area contributed by atoms with Crippen molar-refractivity contribution in [3.05, 3.63) is 30.3 Å². The molecule has 0 amide bonds. The van der Waals surface area contributed by atoms with Crippen molar-refractivity contribution in [2.24, 2.45) is 0 Å². The predicted molar refractivity (Wildman–Crippen MR) is 68.2 cm³/mol. The Morgan fingerprint density at radius 1 is 1.29 bits per heavy atom. The van der Waals surface area contributed by atoms with Crippen molar-refractivity contribution in [2.75, 3.05) is 13.2 Å². The molecule has 1 aliphatic heterocycles. The van der Waals surface area contributed by atoms with Crippen LogP contribution in [0.1, 0.15) is 25.7 Å². The summed E-state index contributed by atoms with van der Waals surface area (Å²) in [7, 11) is 0. The number of hydrogen-bond acceptors (Lipinski definition) is 3. The van der Waals surface area contributed by atoms with E-state index in [1.54, 1.807) is 0 Å². The van der Waals surface area contributed by atoms with E-state index in [0.717, 1.165) is 38.0 Å². The molecule has 1 aliphatic rings. The second-order valence-electron chi connectivity index (χ2n) is 4.59. The summed E-state index contributed by atoms with van der Waals surface area (Å²) in [6.45, 7) is 1.29. The largest absolute Gasteiger partial charge is 0.490 e. The lowest BCUT2D eigenvalue weighted by molar-refractivity contribution is 0.134. The van der Waals surface area contributed by atoms with E-state index in [2.05, 4.69) is 5.32 Å². The first-order chi connectivity index (χ1) is 8.38. The van der Waals surface area contributed by atoms with Gasteiger partial charge in [-0.3, -0.25) is 0 Å². The fourth-order valence-corrected chi connectivity index (χ4v) is 2.32. The van der Waals surface area contributed by atoms with Gasteiger partial charge < -0.3 is 15.2 Å². The van der Waals surface area contributed by atoms with Gasteiger partial charge in [0.2, 0.25) is 0 Å². The third-order valence-corrected chi connectivity index (χ3v) is 3.20. The maximum Gasteiger partial charge on any atom is 0.119 e. The van der Waals surface area contributed by atoms with Crippen LogP contribution in [0.15, 0.2) is 30.3 Å². The summed E-state index contributed by atoms with van der Waals surface area (Å²) in [6.07, 6.45) is 4.31. The molecule has 3 nitrogen and oxygen atoms in total. The highest BCUT2D eigenvalue weighted by Gasteiger charge is 2.22. The molecule has 3 heteroatoms. The van der Waals surface area contributed by atoms with Crippen LogP contribution in [0.5, 0.6) is 5.75 Å². The molecule has 0 bridgehead atoms. The number of aliphatic hydroxyl groups is 1. The molecule has 2 atom stereocenters. The predicted octanol–water partition coefficient (Wildman–Crippen LogP) is 1.96. The van der Waals surface area contributed by atoms with E-state index < -0.39 is 0 Å². The molecule has 1 fully saturated rings. The van der Waals surface area contributed by atoms with Gasteiger partial charge in [0.1, 0.15) is 11.9 Å². The minimum atomic E-state index is 0.280. The second-order valence-corrected chi connectivity index (χ2v) is 4.59. The number of aliphatic hydroxyl groups excluding tert-OH is 1. The highest BCUT2D eigenvalue weighted by molar-refractivity contribution is 5.21. The summed E-state index contributed by atoms with van der Waals surface area (Å²) >= 11 is 0. The Labute approximate surface area is 103 Å². The number of hydrogen-bond donors (Lipinski definition) is 2. The Bertz CT molecular complexity index is 315. The van der Waals surface area contributed by atoms with Crippen LogP contribution < -0.4 is 10.1 Å². The van der Waals surface area contributed by atoms with Crippen LogP contribution >= 0.6 is 0 Å².